The molecule has 19 heavy (non-hydrogen) atoms. The summed E-state index contributed by atoms with van der Waals surface area (Å²) in [5, 5.41) is 9.25. The molecule has 0 fully saturated rings. The average molecular weight is 262 g/mol. The lowest BCUT2D eigenvalue weighted by molar-refractivity contribution is 0.131. The first kappa shape index (κ1) is 15.5. The van der Waals surface area contributed by atoms with Crippen LogP contribution in [0.25, 0.3) is 0 Å². The van der Waals surface area contributed by atoms with E-state index >= 15 is 0 Å². The first-order valence-electron chi connectivity index (χ1n) is 6.40. The SMILES string of the molecule is CC(O)CN(C)CCOc1cccc(C#CCN)c1. The number of nitrogens with zero attached hydrogens (tertiary/aromatic N) is 1. The van der Waals surface area contributed by atoms with Gasteiger partial charge >= 0.3 is 0 Å². The Morgan fingerprint density at radius 1 is 1.47 bits per heavy atom. The minimum atomic E-state index is -0.320. The highest BCUT2D eigenvalue weighted by atomic mass is 16.5. The first-order chi connectivity index (χ1) is 9.11. The monoisotopic (exact) mass is 262 g/mol. The Morgan fingerprint density at radius 3 is 2.95 bits per heavy atom. The van der Waals surface area contributed by atoms with Crippen molar-refractivity contribution in [1.29, 1.82) is 0 Å². The average Bonchev–Trinajstić information content (AvgIpc) is 2.36. The van der Waals surface area contributed by atoms with Crippen LogP contribution in [0.4, 0.5) is 0 Å². The van der Waals surface area contributed by atoms with Gasteiger partial charge in [-0.1, -0.05) is 17.9 Å². The van der Waals surface area contributed by atoms with E-state index in [1.54, 1.807) is 6.92 Å². The fourth-order valence-corrected chi connectivity index (χ4v) is 1.68. The Kier molecular flexibility index (Phi) is 6.98. The number of benzene rings is 1. The number of nitrogens with two attached hydrogens (primary N) is 1. The fraction of sp³-hybridized carbons (Fsp3) is 0.467. The van der Waals surface area contributed by atoms with Crippen LogP contribution < -0.4 is 10.5 Å². The molecule has 0 radical (unpaired) electrons. The van der Waals surface area contributed by atoms with E-state index in [0.717, 1.165) is 17.9 Å². The lowest BCUT2D eigenvalue weighted by atomic mass is 10.2. The second-order valence-corrected chi connectivity index (χ2v) is 4.49. The van der Waals surface area contributed by atoms with Crippen molar-refractivity contribution in [3.63, 3.8) is 0 Å². The number of hydrogen-bond donors (Lipinski definition) is 2. The minimum absolute atomic E-state index is 0.320. The number of likely N-dealkylation sites (N-methyl/N-ethyl adjacent to an activating group) is 1. The van der Waals surface area contributed by atoms with Crippen molar-refractivity contribution >= 4 is 0 Å². The third-order valence-corrected chi connectivity index (χ3v) is 2.49. The van der Waals surface area contributed by atoms with Crippen molar-refractivity contribution in [2.24, 2.45) is 5.73 Å². The van der Waals surface area contributed by atoms with Gasteiger partial charge in [-0.15, -0.1) is 0 Å². The molecule has 4 heteroatoms. The van der Waals surface area contributed by atoms with Gasteiger partial charge in [0.05, 0.1) is 12.6 Å². The number of rotatable bonds is 6. The summed E-state index contributed by atoms with van der Waals surface area (Å²) >= 11 is 0. The van der Waals surface area contributed by atoms with Gasteiger partial charge in [0, 0.05) is 18.7 Å². The zero-order chi connectivity index (χ0) is 14.1. The van der Waals surface area contributed by atoms with E-state index in [2.05, 4.69) is 11.8 Å². The van der Waals surface area contributed by atoms with E-state index in [9.17, 15) is 5.11 Å². The molecule has 0 saturated heterocycles. The van der Waals surface area contributed by atoms with E-state index in [-0.39, 0.29) is 6.10 Å². The largest absolute Gasteiger partial charge is 0.492 e. The second-order valence-electron chi connectivity index (χ2n) is 4.49. The van der Waals surface area contributed by atoms with Crippen LogP contribution in [0.5, 0.6) is 5.75 Å². The smallest absolute Gasteiger partial charge is 0.120 e. The van der Waals surface area contributed by atoms with Gasteiger partial charge in [-0.3, -0.25) is 0 Å². The molecule has 0 aliphatic heterocycles. The molecule has 0 saturated carbocycles. The van der Waals surface area contributed by atoms with E-state index in [1.807, 2.05) is 36.2 Å². The van der Waals surface area contributed by atoms with Crippen LogP contribution in [-0.2, 0) is 0 Å². The summed E-state index contributed by atoms with van der Waals surface area (Å²) in [6.45, 7) is 4.12. The molecule has 1 unspecified atom stereocenters. The predicted octanol–water partition coefficient (Wildman–Crippen LogP) is 0.688. The molecule has 0 aliphatic carbocycles. The number of aliphatic hydroxyl groups is 1. The molecule has 0 aromatic heterocycles. The lowest BCUT2D eigenvalue weighted by Gasteiger charge is -2.18. The van der Waals surface area contributed by atoms with Gasteiger partial charge in [0.25, 0.3) is 0 Å². The highest BCUT2D eigenvalue weighted by Gasteiger charge is 2.03. The van der Waals surface area contributed by atoms with Crippen molar-refractivity contribution < 1.29 is 9.84 Å². The molecule has 1 atom stereocenters. The summed E-state index contributed by atoms with van der Waals surface area (Å²) < 4.78 is 5.66. The van der Waals surface area contributed by atoms with Crippen LogP contribution >= 0.6 is 0 Å². The minimum Gasteiger partial charge on any atom is -0.492 e. The molecule has 0 aliphatic rings. The normalized spacial score (nSPS) is 11.8. The Balaban J connectivity index is 2.41. The van der Waals surface area contributed by atoms with Crippen molar-refractivity contribution in [2.75, 3.05) is 33.3 Å². The van der Waals surface area contributed by atoms with Gasteiger partial charge < -0.3 is 20.5 Å². The summed E-state index contributed by atoms with van der Waals surface area (Å²) in [4.78, 5) is 2.03. The topological polar surface area (TPSA) is 58.7 Å². The van der Waals surface area contributed by atoms with Crippen molar-refractivity contribution in [1.82, 2.24) is 4.90 Å². The predicted molar refractivity (Wildman–Crippen MR) is 77.0 cm³/mol. The van der Waals surface area contributed by atoms with Crippen molar-refractivity contribution in [2.45, 2.75) is 13.0 Å². The molecule has 1 aromatic rings. The zero-order valence-corrected chi connectivity index (χ0v) is 11.6. The van der Waals surface area contributed by atoms with Gasteiger partial charge in [-0.25, -0.2) is 0 Å². The van der Waals surface area contributed by atoms with Gasteiger partial charge in [-0.2, -0.15) is 0 Å². The van der Waals surface area contributed by atoms with Gasteiger partial charge in [0.1, 0.15) is 12.4 Å². The maximum Gasteiger partial charge on any atom is 0.120 e. The number of hydrogen-bond acceptors (Lipinski definition) is 4. The molecule has 104 valence electrons. The Labute approximate surface area is 115 Å². The summed E-state index contributed by atoms with van der Waals surface area (Å²) in [6.07, 6.45) is -0.320. The standard InChI is InChI=1S/C15H22N2O2/c1-13(18)12-17(2)9-10-19-15-7-3-5-14(11-15)6-4-8-16/h3,5,7,11,13,18H,8-10,12,16H2,1-2H3. The van der Waals surface area contributed by atoms with E-state index in [4.69, 9.17) is 10.5 Å². The van der Waals surface area contributed by atoms with Gasteiger partial charge in [0.2, 0.25) is 0 Å². The third kappa shape index (κ3) is 6.82. The van der Waals surface area contributed by atoms with Crippen LogP contribution in [0.15, 0.2) is 24.3 Å². The summed E-state index contributed by atoms with van der Waals surface area (Å²) in [6, 6.07) is 7.64. The molecule has 1 aromatic carbocycles. The quantitative estimate of drug-likeness (QED) is 0.741. The summed E-state index contributed by atoms with van der Waals surface area (Å²) in [7, 11) is 1.96. The van der Waals surface area contributed by atoms with Crippen LogP contribution in [-0.4, -0.2) is 49.4 Å². The Hall–Kier alpha value is -1.54. The van der Waals surface area contributed by atoms with Gasteiger partial charge in [-0.05, 0) is 32.2 Å². The maximum absolute atomic E-state index is 9.25. The zero-order valence-electron chi connectivity index (χ0n) is 11.6. The second kappa shape index (κ2) is 8.54. The molecule has 0 heterocycles. The van der Waals surface area contributed by atoms with E-state index in [1.165, 1.54) is 0 Å². The number of ether oxygens (including phenoxy) is 1. The van der Waals surface area contributed by atoms with E-state index in [0.29, 0.717) is 19.7 Å². The molecular formula is C15H22N2O2. The highest BCUT2D eigenvalue weighted by molar-refractivity contribution is 5.39. The highest BCUT2D eigenvalue weighted by Crippen LogP contribution is 2.12. The van der Waals surface area contributed by atoms with Crippen molar-refractivity contribution in [3.05, 3.63) is 29.8 Å². The fourth-order valence-electron chi connectivity index (χ4n) is 1.68. The van der Waals surface area contributed by atoms with Crippen LogP contribution in [0.1, 0.15) is 12.5 Å². The van der Waals surface area contributed by atoms with Crippen LogP contribution in [0.3, 0.4) is 0 Å². The van der Waals surface area contributed by atoms with Crippen LogP contribution in [0.2, 0.25) is 0 Å². The maximum atomic E-state index is 9.25. The molecule has 0 spiro atoms. The molecule has 4 nitrogen and oxygen atoms in total. The molecule has 1 rings (SSSR count). The summed E-state index contributed by atoms with van der Waals surface area (Å²) in [5.41, 5.74) is 6.24. The lowest BCUT2D eigenvalue weighted by Crippen LogP contribution is -2.30. The summed E-state index contributed by atoms with van der Waals surface area (Å²) in [5.74, 6) is 6.59. The third-order valence-electron chi connectivity index (χ3n) is 2.49. The first-order valence-corrected chi connectivity index (χ1v) is 6.40. The molecule has 3 N–H and O–H groups in total. The Bertz CT molecular complexity index is 435. The van der Waals surface area contributed by atoms with Crippen LogP contribution in [0, 0.1) is 11.8 Å². The van der Waals surface area contributed by atoms with E-state index < -0.39 is 0 Å². The van der Waals surface area contributed by atoms with Crippen molar-refractivity contribution in [3.8, 4) is 17.6 Å². The van der Waals surface area contributed by atoms with Gasteiger partial charge in [0.15, 0.2) is 0 Å². The molecular weight excluding hydrogens is 240 g/mol. The number of aliphatic hydroxyl groups excluding tert-OH is 1. The molecule has 0 bridgehead atoms. The molecule has 0 amide bonds. The Morgan fingerprint density at radius 2 is 2.26 bits per heavy atom.